The first-order valence-electron chi connectivity index (χ1n) is 7.78. The zero-order valence-corrected chi connectivity index (χ0v) is 14.2. The average molecular weight is 336 g/mol. The number of ether oxygens (including phenoxy) is 1. The van der Waals surface area contributed by atoms with Crippen LogP contribution >= 0.6 is 11.6 Å². The summed E-state index contributed by atoms with van der Waals surface area (Å²) >= 11 is 6.15. The van der Waals surface area contributed by atoms with Gasteiger partial charge < -0.3 is 4.74 Å². The summed E-state index contributed by atoms with van der Waals surface area (Å²) in [5, 5.41) is 0.717. The number of hydrogen-bond donors (Lipinski definition) is 0. The van der Waals surface area contributed by atoms with Crippen molar-refractivity contribution in [2.45, 2.75) is 13.5 Å². The minimum Gasteiger partial charge on any atom is -0.489 e. The second kappa shape index (κ2) is 7.80. The van der Waals surface area contributed by atoms with Crippen molar-refractivity contribution < 1.29 is 4.74 Å². The number of hydrogen-bond acceptors (Lipinski definition) is 2. The highest BCUT2D eigenvalue weighted by Gasteiger charge is 2.01. The normalized spacial score (nSPS) is 10.9. The van der Waals surface area contributed by atoms with Crippen LogP contribution in [0.15, 0.2) is 77.8 Å². The third-order valence-electron chi connectivity index (χ3n) is 3.68. The van der Waals surface area contributed by atoms with Crippen molar-refractivity contribution in [3.8, 4) is 5.75 Å². The lowest BCUT2D eigenvalue weighted by Crippen LogP contribution is -1.96. The minimum absolute atomic E-state index is 0.443. The van der Waals surface area contributed by atoms with E-state index in [-0.39, 0.29) is 0 Å². The number of para-hydroxylation sites is 1. The van der Waals surface area contributed by atoms with Crippen LogP contribution in [0.25, 0.3) is 0 Å². The molecule has 3 rings (SSSR count). The van der Waals surface area contributed by atoms with Crippen LogP contribution < -0.4 is 4.74 Å². The lowest BCUT2D eigenvalue weighted by Gasteiger charge is -2.08. The van der Waals surface area contributed by atoms with E-state index in [0.717, 1.165) is 33.1 Å². The molecule has 0 aliphatic heterocycles. The summed E-state index contributed by atoms with van der Waals surface area (Å²) in [6, 6.07) is 23.6. The molecule has 2 nitrogen and oxygen atoms in total. The molecule has 0 amide bonds. The van der Waals surface area contributed by atoms with E-state index in [0.29, 0.717) is 6.61 Å². The second-order valence-electron chi connectivity index (χ2n) is 5.50. The average Bonchev–Trinajstić information content (AvgIpc) is 2.61. The molecule has 0 N–H and O–H groups in total. The molecular formula is C21H18ClNO. The summed E-state index contributed by atoms with van der Waals surface area (Å²) < 4.78 is 5.84. The Morgan fingerprint density at radius 1 is 0.958 bits per heavy atom. The Balaban J connectivity index is 1.70. The van der Waals surface area contributed by atoms with Crippen molar-refractivity contribution in [3.05, 3.63) is 94.5 Å². The van der Waals surface area contributed by atoms with Crippen molar-refractivity contribution in [2.24, 2.45) is 4.99 Å². The fourth-order valence-electron chi connectivity index (χ4n) is 2.31. The van der Waals surface area contributed by atoms with Crippen molar-refractivity contribution >= 4 is 23.5 Å². The van der Waals surface area contributed by atoms with Gasteiger partial charge in [0.25, 0.3) is 0 Å². The Labute approximate surface area is 147 Å². The highest BCUT2D eigenvalue weighted by atomic mass is 35.5. The minimum atomic E-state index is 0.443. The summed E-state index contributed by atoms with van der Waals surface area (Å²) in [5.74, 6) is 0.795. The second-order valence-corrected chi connectivity index (χ2v) is 5.90. The van der Waals surface area contributed by atoms with Crippen molar-refractivity contribution in [1.29, 1.82) is 0 Å². The summed E-state index contributed by atoms with van der Waals surface area (Å²) in [6.45, 7) is 2.49. The molecule has 0 aromatic heterocycles. The van der Waals surface area contributed by atoms with Gasteiger partial charge in [-0.1, -0.05) is 60.1 Å². The highest BCUT2D eigenvalue weighted by molar-refractivity contribution is 6.31. The molecule has 0 unspecified atom stereocenters. The molecule has 0 saturated heterocycles. The number of aliphatic imine (C=N–C) groups is 1. The van der Waals surface area contributed by atoms with Gasteiger partial charge in [0.2, 0.25) is 0 Å². The molecule has 0 saturated carbocycles. The van der Waals surface area contributed by atoms with Gasteiger partial charge >= 0.3 is 0 Å². The zero-order chi connectivity index (χ0) is 16.8. The molecule has 0 bridgehead atoms. The topological polar surface area (TPSA) is 21.6 Å². The Morgan fingerprint density at radius 2 is 1.75 bits per heavy atom. The van der Waals surface area contributed by atoms with Crippen LogP contribution in [-0.4, -0.2) is 6.21 Å². The van der Waals surface area contributed by atoms with E-state index in [1.54, 1.807) is 0 Å². The number of nitrogens with zero attached hydrogens (tertiary/aromatic N) is 1. The quantitative estimate of drug-likeness (QED) is 0.526. The molecule has 0 heterocycles. The lowest BCUT2D eigenvalue weighted by atomic mass is 10.2. The van der Waals surface area contributed by atoms with Gasteiger partial charge in [0.1, 0.15) is 12.4 Å². The molecule has 0 aliphatic carbocycles. The predicted octanol–water partition coefficient (Wildman–Crippen LogP) is 5.98. The van der Waals surface area contributed by atoms with Crippen LogP contribution in [0, 0.1) is 6.92 Å². The Kier molecular flexibility index (Phi) is 5.29. The molecular weight excluding hydrogens is 318 g/mol. The van der Waals surface area contributed by atoms with E-state index in [2.05, 4.69) is 18.0 Å². The summed E-state index contributed by atoms with van der Waals surface area (Å²) in [7, 11) is 0. The molecule has 120 valence electrons. The first kappa shape index (κ1) is 16.3. The molecule has 0 spiro atoms. The zero-order valence-electron chi connectivity index (χ0n) is 13.4. The van der Waals surface area contributed by atoms with E-state index in [1.165, 1.54) is 0 Å². The van der Waals surface area contributed by atoms with Gasteiger partial charge in [-0.25, -0.2) is 0 Å². The van der Waals surface area contributed by atoms with Gasteiger partial charge in [0.15, 0.2) is 0 Å². The van der Waals surface area contributed by atoms with Crippen LogP contribution in [-0.2, 0) is 6.61 Å². The standard InChI is InChI=1S/C21H18ClNO/c1-16-7-2-5-12-21(16)23-14-17-8-6-10-19(13-17)24-15-18-9-3-4-11-20(18)22/h2-14H,15H2,1H3. The van der Waals surface area contributed by atoms with Gasteiger partial charge in [0.05, 0.1) is 5.69 Å². The Morgan fingerprint density at radius 3 is 2.58 bits per heavy atom. The van der Waals surface area contributed by atoms with Gasteiger partial charge in [-0.15, -0.1) is 0 Å². The number of benzene rings is 3. The Bertz CT molecular complexity index is 858. The SMILES string of the molecule is Cc1ccccc1N=Cc1cccc(OCc2ccccc2Cl)c1. The number of rotatable bonds is 5. The molecule has 3 aromatic carbocycles. The molecule has 0 radical (unpaired) electrons. The van der Waals surface area contributed by atoms with Gasteiger partial charge in [-0.05, 0) is 42.3 Å². The summed E-state index contributed by atoms with van der Waals surface area (Å²) in [6.07, 6.45) is 1.85. The van der Waals surface area contributed by atoms with E-state index >= 15 is 0 Å². The first-order valence-corrected chi connectivity index (χ1v) is 8.16. The monoisotopic (exact) mass is 335 g/mol. The summed E-state index contributed by atoms with van der Waals surface area (Å²) in [5.41, 5.74) is 4.09. The van der Waals surface area contributed by atoms with Crippen molar-refractivity contribution in [2.75, 3.05) is 0 Å². The number of aryl methyl sites for hydroxylation is 1. The third kappa shape index (κ3) is 4.24. The molecule has 3 aromatic rings. The van der Waals surface area contributed by atoms with E-state index < -0.39 is 0 Å². The fourth-order valence-corrected chi connectivity index (χ4v) is 2.50. The Hall–Kier alpha value is -2.58. The maximum absolute atomic E-state index is 6.15. The summed E-state index contributed by atoms with van der Waals surface area (Å²) in [4.78, 5) is 4.55. The van der Waals surface area contributed by atoms with Gasteiger partial charge in [0, 0.05) is 16.8 Å². The molecule has 24 heavy (non-hydrogen) atoms. The maximum atomic E-state index is 6.15. The van der Waals surface area contributed by atoms with E-state index in [9.17, 15) is 0 Å². The van der Waals surface area contributed by atoms with Crippen LogP contribution in [0.5, 0.6) is 5.75 Å². The molecule has 0 atom stereocenters. The van der Waals surface area contributed by atoms with Crippen LogP contribution in [0.3, 0.4) is 0 Å². The van der Waals surface area contributed by atoms with Crippen LogP contribution in [0.1, 0.15) is 16.7 Å². The van der Waals surface area contributed by atoms with Crippen LogP contribution in [0.2, 0.25) is 5.02 Å². The van der Waals surface area contributed by atoms with E-state index in [4.69, 9.17) is 16.3 Å². The predicted molar refractivity (Wildman–Crippen MR) is 101 cm³/mol. The molecule has 3 heteroatoms. The highest BCUT2D eigenvalue weighted by Crippen LogP contribution is 2.20. The fraction of sp³-hybridized carbons (Fsp3) is 0.0952. The van der Waals surface area contributed by atoms with Crippen molar-refractivity contribution in [3.63, 3.8) is 0 Å². The van der Waals surface area contributed by atoms with E-state index in [1.807, 2.05) is 72.9 Å². The first-order chi connectivity index (χ1) is 11.7. The van der Waals surface area contributed by atoms with Crippen LogP contribution in [0.4, 0.5) is 5.69 Å². The van der Waals surface area contributed by atoms with Gasteiger partial charge in [-0.2, -0.15) is 0 Å². The largest absolute Gasteiger partial charge is 0.489 e. The molecule has 0 aliphatic rings. The maximum Gasteiger partial charge on any atom is 0.120 e. The smallest absolute Gasteiger partial charge is 0.120 e. The third-order valence-corrected chi connectivity index (χ3v) is 4.05. The van der Waals surface area contributed by atoms with Gasteiger partial charge in [-0.3, -0.25) is 4.99 Å². The number of halogens is 1. The lowest BCUT2D eigenvalue weighted by molar-refractivity contribution is 0.306. The van der Waals surface area contributed by atoms with Crippen molar-refractivity contribution in [1.82, 2.24) is 0 Å². The molecule has 0 fully saturated rings.